The Bertz CT molecular complexity index is 2670. The van der Waals surface area contributed by atoms with Crippen molar-refractivity contribution in [2.24, 2.45) is 0 Å². The minimum absolute atomic E-state index is 0.00174. The minimum atomic E-state index is -1.37. The molecule has 12 nitrogen and oxygen atoms in total. The van der Waals surface area contributed by atoms with Gasteiger partial charge in [0.2, 0.25) is 10.9 Å². The Hall–Kier alpha value is -6.38. The van der Waals surface area contributed by atoms with Crippen molar-refractivity contribution in [1.29, 1.82) is 0 Å². The summed E-state index contributed by atoms with van der Waals surface area (Å²) >= 11 is 0. The lowest BCUT2D eigenvalue weighted by Crippen LogP contribution is -2.60. The van der Waals surface area contributed by atoms with Crippen LogP contribution in [0, 0.1) is 11.6 Å². The number of morpholine rings is 2. The van der Waals surface area contributed by atoms with Crippen molar-refractivity contribution in [2.45, 2.75) is 74.9 Å². The summed E-state index contributed by atoms with van der Waals surface area (Å²) in [6, 6.07) is 24.5. The summed E-state index contributed by atoms with van der Waals surface area (Å²) in [5.74, 6) is -4.07. The summed E-state index contributed by atoms with van der Waals surface area (Å²) in [5, 5.41) is 19.7. The number of nitrogens with zero attached hydrogens (tertiary/aromatic N) is 4. The zero-order chi connectivity index (χ0) is 42.8. The van der Waals surface area contributed by atoms with E-state index >= 15 is 8.78 Å². The standard InChI is InChI=1S/C48H44F2N4O8/c49-37-17-33-39(51(29-11-12-29)21-35(45(33)55)47(57)58)19-41(37)53-23-43(61-25-31(53)15-27-7-3-1-4-8-27)44-24-54(32(26-62-44)16-28-9-5-2-6-10-28)42-20-40-34(18-38(42)50)46(56)36(48(59)60)22-52(40)30-13-14-30/h1-10,17-22,29-32,43-44H,11-16,23-26H2,(H,57,58)(H,59,60)/t31-,32-,43+,44+/m1/s1. The maximum Gasteiger partial charge on any atom is 0.341 e. The first-order chi connectivity index (χ1) is 30.0. The Morgan fingerprint density at radius 1 is 0.597 bits per heavy atom. The van der Waals surface area contributed by atoms with Gasteiger partial charge in [0.05, 0.1) is 47.7 Å². The Labute approximate surface area is 354 Å². The molecular formula is C48H44F2N4O8. The lowest BCUT2D eigenvalue weighted by molar-refractivity contribution is -0.0980. The van der Waals surface area contributed by atoms with Crippen molar-refractivity contribution in [1.82, 2.24) is 9.13 Å². The van der Waals surface area contributed by atoms with Crippen LogP contribution in [0.15, 0.2) is 107 Å². The molecule has 4 atom stereocenters. The van der Waals surface area contributed by atoms with Crippen LogP contribution in [0.1, 0.15) is 69.6 Å². The molecule has 4 heterocycles. The van der Waals surface area contributed by atoms with Gasteiger partial charge in [-0.2, -0.15) is 0 Å². The zero-order valence-corrected chi connectivity index (χ0v) is 33.7. The lowest BCUT2D eigenvalue weighted by Gasteiger charge is -2.48. The van der Waals surface area contributed by atoms with E-state index in [4.69, 9.17) is 9.47 Å². The molecule has 0 spiro atoms. The first-order valence-corrected chi connectivity index (χ1v) is 21.1. The third-order valence-electron chi connectivity index (χ3n) is 12.8. The number of benzene rings is 4. The lowest BCUT2D eigenvalue weighted by atomic mass is 9.97. The SMILES string of the molecule is O=C(O)c1cn(C2CC2)c2cc(N3C[C@@H]([C@@H]4CN(c5cc6c(cc5F)c(=O)c(C(=O)O)cn6C5CC5)[C@H](Cc5ccccc5)CO4)OC[C@H]3Cc3ccccc3)c(F)cc2c1=O. The monoisotopic (exact) mass is 842 g/mol. The number of carboxylic acid groups (broad SMARTS) is 2. The molecule has 0 radical (unpaired) electrons. The Kier molecular flexibility index (Phi) is 10.1. The van der Waals surface area contributed by atoms with E-state index in [1.807, 2.05) is 70.5 Å². The van der Waals surface area contributed by atoms with Crippen LogP contribution in [-0.4, -0.2) is 81.9 Å². The molecule has 0 bridgehead atoms. The van der Waals surface area contributed by atoms with Crippen molar-refractivity contribution in [2.75, 3.05) is 36.1 Å². The van der Waals surface area contributed by atoms with Crippen LogP contribution in [0.4, 0.5) is 20.2 Å². The fourth-order valence-corrected chi connectivity index (χ4v) is 9.36. The van der Waals surface area contributed by atoms with Crippen LogP contribution in [0.2, 0.25) is 0 Å². The highest BCUT2D eigenvalue weighted by molar-refractivity contribution is 5.95. The molecule has 318 valence electrons. The Morgan fingerprint density at radius 3 is 1.34 bits per heavy atom. The number of aromatic carboxylic acids is 2. The summed E-state index contributed by atoms with van der Waals surface area (Å²) in [6.45, 7) is 0.757. The number of hydrogen-bond acceptors (Lipinski definition) is 8. The van der Waals surface area contributed by atoms with Crippen LogP contribution in [0.5, 0.6) is 0 Å². The predicted molar refractivity (Wildman–Crippen MR) is 229 cm³/mol. The molecule has 62 heavy (non-hydrogen) atoms. The van der Waals surface area contributed by atoms with Crippen molar-refractivity contribution in [3.8, 4) is 0 Å². The van der Waals surface area contributed by atoms with Gasteiger partial charge in [0, 0.05) is 48.3 Å². The van der Waals surface area contributed by atoms with E-state index in [0.29, 0.717) is 23.9 Å². The molecule has 14 heteroatoms. The van der Waals surface area contributed by atoms with Gasteiger partial charge in [-0.25, -0.2) is 18.4 Å². The zero-order valence-electron chi connectivity index (χ0n) is 33.7. The number of hydrogen-bond donors (Lipinski definition) is 2. The van der Waals surface area contributed by atoms with E-state index in [1.54, 1.807) is 21.3 Å². The van der Waals surface area contributed by atoms with Gasteiger partial charge in [0.25, 0.3) is 0 Å². The minimum Gasteiger partial charge on any atom is -0.477 e. The van der Waals surface area contributed by atoms with Gasteiger partial charge in [0.1, 0.15) is 35.0 Å². The number of ether oxygens (including phenoxy) is 2. The van der Waals surface area contributed by atoms with Gasteiger partial charge in [-0.3, -0.25) is 9.59 Å². The van der Waals surface area contributed by atoms with Gasteiger partial charge in [-0.1, -0.05) is 60.7 Å². The van der Waals surface area contributed by atoms with E-state index in [9.17, 15) is 29.4 Å². The summed E-state index contributed by atoms with van der Waals surface area (Å²) in [4.78, 5) is 54.8. The van der Waals surface area contributed by atoms with Crippen molar-refractivity contribution in [3.63, 3.8) is 0 Å². The van der Waals surface area contributed by atoms with Crippen LogP contribution in [0.3, 0.4) is 0 Å². The Balaban J connectivity index is 1.03. The number of rotatable bonds is 11. The molecule has 4 aliphatic rings. The molecule has 6 aromatic rings. The highest BCUT2D eigenvalue weighted by Gasteiger charge is 2.41. The molecule has 10 rings (SSSR count). The second kappa shape index (κ2) is 15.8. The quantitative estimate of drug-likeness (QED) is 0.140. The van der Waals surface area contributed by atoms with Crippen molar-refractivity contribution >= 4 is 45.1 Å². The summed E-state index contributed by atoms with van der Waals surface area (Å²) in [7, 11) is 0. The van der Waals surface area contributed by atoms with E-state index in [-0.39, 0.29) is 72.6 Å². The van der Waals surface area contributed by atoms with Crippen LogP contribution in [0.25, 0.3) is 21.8 Å². The molecule has 2 aromatic heterocycles. The fourth-order valence-electron chi connectivity index (χ4n) is 9.36. The van der Waals surface area contributed by atoms with Crippen molar-refractivity contribution < 1.29 is 38.1 Å². The second-order valence-corrected chi connectivity index (χ2v) is 17.0. The maximum atomic E-state index is 16.6. The molecule has 2 N–H and O–H groups in total. The number of anilines is 2. The van der Waals surface area contributed by atoms with Gasteiger partial charge < -0.3 is 38.6 Å². The van der Waals surface area contributed by atoms with Crippen LogP contribution in [-0.2, 0) is 22.3 Å². The van der Waals surface area contributed by atoms with Crippen LogP contribution >= 0.6 is 0 Å². The third-order valence-corrected chi connectivity index (χ3v) is 12.8. The topological polar surface area (TPSA) is 144 Å². The summed E-state index contributed by atoms with van der Waals surface area (Å²) in [5.41, 5.74) is 1.14. The molecule has 2 saturated heterocycles. The van der Waals surface area contributed by atoms with E-state index in [1.165, 1.54) is 12.4 Å². The normalized spacial score (nSPS) is 21.7. The number of aromatic nitrogens is 2. The smallest absolute Gasteiger partial charge is 0.341 e. The second-order valence-electron chi connectivity index (χ2n) is 17.0. The van der Waals surface area contributed by atoms with Crippen LogP contribution < -0.4 is 20.7 Å². The van der Waals surface area contributed by atoms with E-state index in [0.717, 1.165) is 48.9 Å². The number of carbonyl (C=O) groups is 2. The molecule has 0 amide bonds. The average molecular weight is 843 g/mol. The highest BCUT2D eigenvalue weighted by atomic mass is 19.1. The molecule has 0 unspecified atom stereocenters. The highest BCUT2D eigenvalue weighted by Crippen LogP contribution is 2.41. The molecular weight excluding hydrogens is 799 g/mol. The first kappa shape index (κ1) is 39.7. The van der Waals surface area contributed by atoms with Gasteiger partial charge in [-0.15, -0.1) is 0 Å². The van der Waals surface area contributed by atoms with Gasteiger partial charge >= 0.3 is 11.9 Å². The van der Waals surface area contributed by atoms with E-state index in [2.05, 4.69) is 0 Å². The van der Waals surface area contributed by atoms with E-state index < -0.39 is 57.8 Å². The van der Waals surface area contributed by atoms with Gasteiger partial charge in [-0.05, 0) is 73.9 Å². The molecule has 2 saturated carbocycles. The molecule has 4 fully saturated rings. The predicted octanol–water partition coefficient (Wildman–Crippen LogP) is 6.99. The summed E-state index contributed by atoms with van der Waals surface area (Å²) in [6.07, 6.45) is 5.75. The first-order valence-electron chi connectivity index (χ1n) is 21.1. The van der Waals surface area contributed by atoms with Gasteiger partial charge in [0.15, 0.2) is 0 Å². The number of pyridine rings is 2. The summed E-state index contributed by atoms with van der Waals surface area (Å²) < 4.78 is 50.1. The third kappa shape index (κ3) is 7.40. The average Bonchev–Trinajstić information content (AvgIpc) is 4.21. The molecule has 4 aromatic carbocycles. The number of carboxylic acids is 2. The van der Waals surface area contributed by atoms with Crippen molar-refractivity contribution in [3.05, 3.63) is 152 Å². The number of halogens is 2. The largest absolute Gasteiger partial charge is 0.477 e. The molecule has 2 aliphatic heterocycles. The maximum absolute atomic E-state index is 16.6. The fraction of sp³-hybridized carbons (Fsp3) is 0.333. The Morgan fingerprint density at radius 2 is 0.984 bits per heavy atom. The molecule has 2 aliphatic carbocycles. The number of fused-ring (bicyclic) bond motifs is 2.